The molecule has 0 spiro atoms. The summed E-state index contributed by atoms with van der Waals surface area (Å²) >= 11 is 0. The molecule has 2 N–H and O–H groups in total. The zero-order chi connectivity index (χ0) is 20.1. The summed E-state index contributed by atoms with van der Waals surface area (Å²) in [4.78, 5) is 4.95. The minimum absolute atomic E-state index is 0.112. The molecule has 3 heterocycles. The first-order chi connectivity index (χ1) is 14.2. The molecule has 3 aliphatic rings. The zero-order valence-electron chi connectivity index (χ0n) is 18.1. The van der Waals surface area contributed by atoms with Crippen molar-refractivity contribution < 1.29 is 9.47 Å². The van der Waals surface area contributed by atoms with Crippen LogP contribution in [0.5, 0.6) is 0 Å². The van der Waals surface area contributed by atoms with Crippen LogP contribution in [0.4, 0.5) is 0 Å². The molecule has 0 aromatic carbocycles. The molecule has 1 unspecified atom stereocenters. The van der Waals surface area contributed by atoms with Crippen LogP contribution in [0.25, 0.3) is 0 Å². The average molecular weight is 406 g/mol. The quantitative estimate of drug-likeness (QED) is 0.751. The molecule has 29 heavy (non-hydrogen) atoms. The van der Waals surface area contributed by atoms with Crippen molar-refractivity contribution in [2.45, 2.75) is 69.7 Å². The number of aromatic nitrogens is 2. The highest BCUT2D eigenvalue weighted by Gasteiger charge is 2.31. The maximum atomic E-state index is 6.02. The first-order valence-corrected chi connectivity index (χ1v) is 11.6. The summed E-state index contributed by atoms with van der Waals surface area (Å²) < 4.78 is 13.7. The van der Waals surface area contributed by atoms with Gasteiger partial charge >= 0.3 is 0 Å². The number of hydrogen-bond acceptors (Lipinski definition) is 6. The molecule has 3 fully saturated rings. The maximum absolute atomic E-state index is 6.02. The number of ether oxygens (including phenoxy) is 2. The maximum Gasteiger partial charge on any atom is 0.150 e. The van der Waals surface area contributed by atoms with Gasteiger partial charge in [-0.3, -0.25) is 4.90 Å². The normalized spacial score (nSPS) is 29.4. The van der Waals surface area contributed by atoms with Gasteiger partial charge in [0.1, 0.15) is 6.23 Å². The van der Waals surface area contributed by atoms with Crippen molar-refractivity contribution in [2.75, 3.05) is 53.0 Å². The Bertz CT molecular complexity index is 617. The Balaban J connectivity index is 1.45. The second-order valence-corrected chi connectivity index (χ2v) is 9.02. The van der Waals surface area contributed by atoms with E-state index in [0.717, 1.165) is 58.5 Å². The molecule has 1 aromatic rings. The minimum Gasteiger partial charge on any atom is -0.379 e. The van der Waals surface area contributed by atoms with Crippen LogP contribution in [0.15, 0.2) is 6.20 Å². The predicted octanol–water partition coefficient (Wildman–Crippen LogP) is 2.33. The van der Waals surface area contributed by atoms with E-state index < -0.39 is 0 Å². The van der Waals surface area contributed by atoms with Crippen molar-refractivity contribution >= 4 is 0 Å². The van der Waals surface area contributed by atoms with Crippen molar-refractivity contribution in [3.8, 4) is 0 Å². The zero-order valence-corrected chi connectivity index (χ0v) is 18.1. The highest BCUT2D eigenvalue weighted by atomic mass is 16.5. The van der Waals surface area contributed by atoms with Gasteiger partial charge in [-0.25, -0.2) is 4.68 Å². The molecule has 2 aliphatic heterocycles. The van der Waals surface area contributed by atoms with Crippen molar-refractivity contribution in [3.05, 3.63) is 17.5 Å². The van der Waals surface area contributed by atoms with Crippen LogP contribution in [-0.2, 0) is 16.0 Å². The summed E-state index contributed by atoms with van der Waals surface area (Å²) in [6.45, 7) is 7.35. The van der Waals surface area contributed by atoms with Crippen molar-refractivity contribution in [2.24, 2.45) is 5.73 Å². The molecular formula is C22H39N5O2. The molecule has 0 amide bonds. The summed E-state index contributed by atoms with van der Waals surface area (Å²) in [6, 6.07) is 0.724. The van der Waals surface area contributed by atoms with Gasteiger partial charge in [0.15, 0.2) is 0 Å². The third-order valence-corrected chi connectivity index (χ3v) is 6.89. The summed E-state index contributed by atoms with van der Waals surface area (Å²) in [6.07, 6.45) is 10.9. The van der Waals surface area contributed by atoms with E-state index in [9.17, 15) is 0 Å². The van der Waals surface area contributed by atoms with Gasteiger partial charge in [0, 0.05) is 63.1 Å². The van der Waals surface area contributed by atoms with Crippen molar-refractivity contribution in [1.82, 2.24) is 19.6 Å². The summed E-state index contributed by atoms with van der Waals surface area (Å²) in [5, 5.41) is 5.11. The SMILES string of the molecule is CN(CCN)Cc1cn(C2CCCCO2)nc1C1CCC(N2CCOCC2)CC1. The van der Waals surface area contributed by atoms with E-state index in [0.29, 0.717) is 12.5 Å². The minimum atomic E-state index is 0.112. The van der Waals surface area contributed by atoms with E-state index in [2.05, 4.69) is 27.7 Å². The van der Waals surface area contributed by atoms with Crippen LogP contribution in [-0.4, -0.2) is 78.7 Å². The van der Waals surface area contributed by atoms with Crippen LogP contribution < -0.4 is 5.73 Å². The van der Waals surface area contributed by atoms with Crippen LogP contribution in [0, 0.1) is 0 Å². The van der Waals surface area contributed by atoms with Gasteiger partial charge in [0.05, 0.1) is 18.9 Å². The largest absolute Gasteiger partial charge is 0.379 e. The number of nitrogens with zero attached hydrogens (tertiary/aromatic N) is 4. The lowest BCUT2D eigenvalue weighted by atomic mass is 9.82. The Labute approximate surface area is 175 Å². The first-order valence-electron chi connectivity index (χ1n) is 11.6. The lowest BCUT2D eigenvalue weighted by Gasteiger charge is -2.38. The Morgan fingerprint density at radius 2 is 1.90 bits per heavy atom. The van der Waals surface area contributed by atoms with Gasteiger partial charge < -0.3 is 20.1 Å². The van der Waals surface area contributed by atoms with Crippen LogP contribution >= 0.6 is 0 Å². The molecule has 7 nitrogen and oxygen atoms in total. The topological polar surface area (TPSA) is 68.8 Å². The molecule has 4 rings (SSSR count). The molecule has 0 bridgehead atoms. The predicted molar refractivity (Wildman–Crippen MR) is 114 cm³/mol. The highest BCUT2D eigenvalue weighted by molar-refractivity contribution is 5.22. The lowest BCUT2D eigenvalue weighted by Crippen LogP contribution is -2.44. The van der Waals surface area contributed by atoms with Gasteiger partial charge in [-0.2, -0.15) is 5.10 Å². The molecule has 1 atom stereocenters. The van der Waals surface area contributed by atoms with E-state index in [1.165, 1.54) is 49.8 Å². The van der Waals surface area contributed by atoms with Gasteiger partial charge in [0.25, 0.3) is 0 Å². The molecule has 164 valence electrons. The number of hydrogen-bond donors (Lipinski definition) is 1. The first kappa shape index (κ1) is 21.2. The third-order valence-electron chi connectivity index (χ3n) is 6.89. The standard InChI is InChI=1S/C22H39N5O2/c1-25(10-9-23)16-19-17-27(21-4-2-3-13-29-21)24-22(19)18-5-7-20(8-6-18)26-11-14-28-15-12-26/h17-18,20-21H,2-16,23H2,1H3. The Morgan fingerprint density at radius 1 is 1.10 bits per heavy atom. The van der Waals surface area contributed by atoms with Crippen molar-refractivity contribution in [3.63, 3.8) is 0 Å². The monoisotopic (exact) mass is 405 g/mol. The molecular weight excluding hydrogens is 366 g/mol. The fourth-order valence-electron chi connectivity index (χ4n) is 5.24. The fraction of sp³-hybridized carbons (Fsp3) is 0.864. The van der Waals surface area contributed by atoms with E-state index in [-0.39, 0.29) is 6.23 Å². The smallest absolute Gasteiger partial charge is 0.150 e. The number of rotatable bonds is 7. The second kappa shape index (κ2) is 10.4. The fourth-order valence-corrected chi connectivity index (χ4v) is 5.24. The average Bonchev–Trinajstić information content (AvgIpc) is 3.19. The third kappa shape index (κ3) is 5.39. The molecule has 0 radical (unpaired) electrons. The van der Waals surface area contributed by atoms with E-state index in [1.807, 2.05) is 0 Å². The van der Waals surface area contributed by atoms with Gasteiger partial charge in [-0.1, -0.05) is 0 Å². The molecule has 1 saturated carbocycles. The number of likely N-dealkylation sites (N-methyl/N-ethyl adjacent to an activating group) is 1. The van der Waals surface area contributed by atoms with E-state index >= 15 is 0 Å². The van der Waals surface area contributed by atoms with E-state index in [1.54, 1.807) is 0 Å². The Kier molecular flexibility index (Phi) is 7.59. The van der Waals surface area contributed by atoms with Gasteiger partial charge in [-0.15, -0.1) is 0 Å². The van der Waals surface area contributed by atoms with Crippen LogP contribution in [0.2, 0.25) is 0 Å². The molecule has 1 aliphatic carbocycles. The highest BCUT2D eigenvalue weighted by Crippen LogP contribution is 2.37. The Hall–Kier alpha value is -0.990. The van der Waals surface area contributed by atoms with Gasteiger partial charge in [0.2, 0.25) is 0 Å². The van der Waals surface area contributed by atoms with Crippen LogP contribution in [0.1, 0.15) is 68.3 Å². The molecule has 1 aromatic heterocycles. The number of morpholine rings is 1. The van der Waals surface area contributed by atoms with E-state index in [4.69, 9.17) is 20.3 Å². The Morgan fingerprint density at radius 3 is 2.59 bits per heavy atom. The second-order valence-electron chi connectivity index (χ2n) is 9.02. The summed E-state index contributed by atoms with van der Waals surface area (Å²) in [5.74, 6) is 0.568. The summed E-state index contributed by atoms with van der Waals surface area (Å²) in [7, 11) is 2.15. The number of nitrogens with two attached hydrogens (primary N) is 1. The van der Waals surface area contributed by atoms with Crippen LogP contribution in [0.3, 0.4) is 0 Å². The lowest BCUT2D eigenvalue weighted by molar-refractivity contribution is -0.0398. The summed E-state index contributed by atoms with van der Waals surface area (Å²) in [5.41, 5.74) is 8.45. The molecule has 2 saturated heterocycles. The van der Waals surface area contributed by atoms with Crippen molar-refractivity contribution in [1.29, 1.82) is 0 Å². The van der Waals surface area contributed by atoms with Gasteiger partial charge in [-0.05, 0) is 52.0 Å². The molecule has 7 heteroatoms.